The smallest absolute Gasteiger partial charge is 0.368 e. The molecule has 0 amide bonds. The van der Waals surface area contributed by atoms with Crippen molar-refractivity contribution in [2.75, 3.05) is 7.11 Å². The van der Waals surface area contributed by atoms with E-state index < -0.39 is 12.9 Å². The minimum Gasteiger partial charge on any atom is -0.475 e. The van der Waals surface area contributed by atoms with Crippen molar-refractivity contribution in [1.29, 1.82) is 0 Å². The zero-order chi connectivity index (χ0) is 25.1. The average molecular weight is 527 g/mol. The highest BCUT2D eigenvalue weighted by molar-refractivity contribution is 7.53. The molecule has 5 nitrogen and oxygen atoms in total. The molecule has 0 atom stereocenters. The summed E-state index contributed by atoms with van der Waals surface area (Å²) in [6.45, 7) is 3.04. The lowest BCUT2D eigenvalue weighted by molar-refractivity contribution is 0.151. The molecule has 0 saturated heterocycles. The number of ether oxygens (including phenoxy) is 2. The fourth-order valence-corrected chi connectivity index (χ4v) is 4.26. The van der Waals surface area contributed by atoms with E-state index in [1.54, 1.807) is 19.2 Å². The second-order valence-electron chi connectivity index (χ2n) is 8.47. The molecule has 34 heavy (non-hydrogen) atoms. The maximum absolute atomic E-state index is 13.3. The van der Waals surface area contributed by atoms with Gasteiger partial charge in [0.2, 0.25) is 5.34 Å². The van der Waals surface area contributed by atoms with Gasteiger partial charge in [-0.05, 0) is 72.4 Å². The van der Waals surface area contributed by atoms with E-state index in [1.807, 2.05) is 18.2 Å². The first kappa shape index (κ1) is 26.7. The molecule has 0 aromatic heterocycles. The van der Waals surface area contributed by atoms with E-state index in [0.717, 1.165) is 22.3 Å². The van der Waals surface area contributed by atoms with E-state index in [1.165, 1.54) is 38.1 Å². The molecule has 182 valence electrons. The first-order valence-electron chi connectivity index (χ1n) is 10.5. The van der Waals surface area contributed by atoms with Gasteiger partial charge in [-0.1, -0.05) is 53.5 Å². The van der Waals surface area contributed by atoms with Crippen LogP contribution in [-0.2, 0) is 28.8 Å². The SMILES string of the molecule is COCc1ccc(Cc2c(Cl)cc(OC(C)(C)P(=O)(O)O)cc2Cl)cc1Cc1ccc(F)cc1. The van der Waals surface area contributed by atoms with Gasteiger partial charge in [0.05, 0.1) is 6.61 Å². The summed E-state index contributed by atoms with van der Waals surface area (Å²) in [5.41, 5.74) is 4.67. The molecule has 3 aromatic rings. The van der Waals surface area contributed by atoms with E-state index in [9.17, 15) is 18.7 Å². The van der Waals surface area contributed by atoms with Crippen molar-refractivity contribution in [2.24, 2.45) is 0 Å². The van der Waals surface area contributed by atoms with Crippen LogP contribution in [0.4, 0.5) is 4.39 Å². The van der Waals surface area contributed by atoms with E-state index >= 15 is 0 Å². The maximum atomic E-state index is 13.3. The molecule has 3 aromatic carbocycles. The zero-order valence-corrected chi connectivity index (χ0v) is 21.4. The summed E-state index contributed by atoms with van der Waals surface area (Å²) in [7, 11) is -2.89. The molecule has 0 radical (unpaired) electrons. The van der Waals surface area contributed by atoms with Gasteiger partial charge in [0, 0.05) is 23.6 Å². The Morgan fingerprint density at radius 2 is 1.50 bits per heavy atom. The first-order chi connectivity index (χ1) is 15.9. The molecule has 0 saturated carbocycles. The van der Waals surface area contributed by atoms with Crippen LogP contribution < -0.4 is 4.74 Å². The molecular formula is C25H26Cl2FO5P. The summed E-state index contributed by atoms with van der Waals surface area (Å²) in [6.07, 6.45) is 1.04. The second-order valence-corrected chi connectivity index (χ2v) is 11.5. The molecular weight excluding hydrogens is 501 g/mol. The Kier molecular flexibility index (Phi) is 8.46. The molecule has 3 rings (SSSR count). The summed E-state index contributed by atoms with van der Waals surface area (Å²) in [5.74, 6) is -0.116. The van der Waals surface area contributed by atoms with Crippen LogP contribution in [0.15, 0.2) is 54.6 Å². The van der Waals surface area contributed by atoms with E-state index in [0.29, 0.717) is 35.1 Å². The van der Waals surface area contributed by atoms with Crippen molar-refractivity contribution in [1.82, 2.24) is 0 Å². The third-order valence-electron chi connectivity index (χ3n) is 5.44. The maximum Gasteiger partial charge on any atom is 0.368 e. The third-order valence-corrected chi connectivity index (χ3v) is 7.61. The molecule has 0 aliphatic carbocycles. The second kappa shape index (κ2) is 10.8. The number of rotatable bonds is 9. The van der Waals surface area contributed by atoms with E-state index in [2.05, 4.69) is 0 Å². The minimum absolute atomic E-state index is 0.166. The molecule has 9 heteroatoms. The standard InChI is InChI=1S/C25H26Cl2FO5P/c1-25(2,34(29,30)31)33-21-13-23(26)22(24(27)14-21)12-17-4-7-18(15-32-3)19(11-17)10-16-5-8-20(28)9-6-16/h4-9,11,13-14H,10,12,15H2,1-3H3,(H2,29,30,31). The lowest BCUT2D eigenvalue weighted by Gasteiger charge is -2.27. The van der Waals surface area contributed by atoms with Crippen LogP contribution in [0.5, 0.6) is 5.75 Å². The van der Waals surface area contributed by atoms with Crippen LogP contribution in [-0.4, -0.2) is 22.2 Å². The van der Waals surface area contributed by atoms with Crippen molar-refractivity contribution in [3.05, 3.63) is 98.3 Å². The Hall–Kier alpha value is -1.92. The van der Waals surface area contributed by atoms with Gasteiger partial charge in [0.15, 0.2) is 0 Å². The summed E-state index contributed by atoms with van der Waals surface area (Å²) >= 11 is 13.0. The van der Waals surface area contributed by atoms with Crippen LogP contribution in [0.25, 0.3) is 0 Å². The topological polar surface area (TPSA) is 76.0 Å². The normalized spacial score (nSPS) is 12.1. The highest BCUT2D eigenvalue weighted by Crippen LogP contribution is 2.51. The van der Waals surface area contributed by atoms with Gasteiger partial charge in [-0.3, -0.25) is 4.57 Å². The fraction of sp³-hybridized carbons (Fsp3) is 0.280. The van der Waals surface area contributed by atoms with E-state index in [4.69, 9.17) is 32.7 Å². The van der Waals surface area contributed by atoms with Gasteiger partial charge < -0.3 is 19.3 Å². The molecule has 0 aliphatic heterocycles. The Morgan fingerprint density at radius 3 is 2.06 bits per heavy atom. The lowest BCUT2D eigenvalue weighted by Crippen LogP contribution is -2.28. The molecule has 0 aliphatic rings. The Balaban J connectivity index is 1.88. The monoisotopic (exact) mass is 526 g/mol. The highest BCUT2D eigenvalue weighted by atomic mass is 35.5. The molecule has 2 N–H and O–H groups in total. The largest absolute Gasteiger partial charge is 0.475 e. The highest BCUT2D eigenvalue weighted by Gasteiger charge is 2.40. The fourth-order valence-electron chi connectivity index (χ4n) is 3.43. The van der Waals surface area contributed by atoms with Gasteiger partial charge in [0.25, 0.3) is 0 Å². The average Bonchev–Trinajstić information content (AvgIpc) is 2.73. The van der Waals surface area contributed by atoms with Crippen LogP contribution >= 0.6 is 30.8 Å². The zero-order valence-electron chi connectivity index (χ0n) is 19.0. The van der Waals surface area contributed by atoms with Gasteiger partial charge in [0.1, 0.15) is 11.6 Å². The lowest BCUT2D eigenvalue weighted by atomic mass is 9.95. The van der Waals surface area contributed by atoms with Crippen LogP contribution in [0.1, 0.15) is 41.7 Å². The van der Waals surface area contributed by atoms with Crippen molar-refractivity contribution in [3.63, 3.8) is 0 Å². The van der Waals surface area contributed by atoms with Gasteiger partial charge in [-0.2, -0.15) is 0 Å². The number of halogens is 3. The van der Waals surface area contributed by atoms with Crippen LogP contribution in [0.2, 0.25) is 10.0 Å². The van der Waals surface area contributed by atoms with Crippen LogP contribution in [0.3, 0.4) is 0 Å². The quantitative estimate of drug-likeness (QED) is 0.301. The molecule has 0 spiro atoms. The Bertz CT molecular complexity index is 1190. The van der Waals surface area contributed by atoms with Gasteiger partial charge >= 0.3 is 7.60 Å². The number of hydrogen-bond donors (Lipinski definition) is 2. The van der Waals surface area contributed by atoms with Crippen molar-refractivity contribution in [2.45, 2.75) is 38.6 Å². The predicted molar refractivity (Wildman–Crippen MR) is 132 cm³/mol. The van der Waals surface area contributed by atoms with Crippen LogP contribution in [0, 0.1) is 5.82 Å². The van der Waals surface area contributed by atoms with Crippen molar-refractivity contribution in [3.8, 4) is 5.75 Å². The molecule has 0 fully saturated rings. The van der Waals surface area contributed by atoms with Gasteiger partial charge in [-0.15, -0.1) is 0 Å². The summed E-state index contributed by atoms with van der Waals surface area (Å²) < 4.78 is 35.8. The first-order valence-corrected chi connectivity index (χ1v) is 12.8. The minimum atomic E-state index is -4.52. The number of hydrogen-bond acceptors (Lipinski definition) is 3. The van der Waals surface area contributed by atoms with Crippen molar-refractivity contribution >= 4 is 30.8 Å². The van der Waals surface area contributed by atoms with E-state index in [-0.39, 0.29) is 11.6 Å². The number of methoxy groups -OCH3 is 1. The summed E-state index contributed by atoms with van der Waals surface area (Å²) in [4.78, 5) is 19.0. The van der Waals surface area contributed by atoms with Crippen molar-refractivity contribution < 1.29 is 28.2 Å². The summed E-state index contributed by atoms with van der Waals surface area (Å²) in [6, 6.07) is 15.4. The predicted octanol–water partition coefficient (Wildman–Crippen LogP) is 6.75. The molecule has 0 heterocycles. The number of benzene rings is 3. The Labute approximate surface area is 208 Å². The summed E-state index contributed by atoms with van der Waals surface area (Å²) in [5, 5.41) is -1.08. The molecule has 0 unspecified atom stereocenters. The Morgan fingerprint density at radius 1 is 0.912 bits per heavy atom. The third kappa shape index (κ3) is 6.60. The van der Waals surface area contributed by atoms with Gasteiger partial charge in [-0.25, -0.2) is 4.39 Å². The molecule has 0 bridgehead atoms.